The molecule has 0 fully saturated rings. The van der Waals surface area contributed by atoms with Gasteiger partial charge in [-0.15, -0.1) is 0 Å². The maximum Gasteiger partial charge on any atom is 0.125 e. The molecule has 0 aliphatic carbocycles. The van der Waals surface area contributed by atoms with Gasteiger partial charge in [0.1, 0.15) is 12.4 Å². The summed E-state index contributed by atoms with van der Waals surface area (Å²) in [5.41, 5.74) is 8.09. The first-order valence-electron chi connectivity index (χ1n) is 6.05. The van der Waals surface area contributed by atoms with Gasteiger partial charge in [0.15, 0.2) is 0 Å². The second-order valence-electron chi connectivity index (χ2n) is 4.90. The summed E-state index contributed by atoms with van der Waals surface area (Å²) in [5.74, 6) is 0.857. The lowest BCUT2D eigenvalue weighted by atomic mass is 10.0. The number of rotatable bonds is 5. The number of ether oxygens (including phenoxy) is 1. The molecule has 1 aromatic rings. The van der Waals surface area contributed by atoms with Crippen molar-refractivity contribution in [3.63, 3.8) is 0 Å². The highest BCUT2D eigenvalue weighted by Crippen LogP contribution is 2.26. The van der Waals surface area contributed by atoms with Crippen LogP contribution >= 0.6 is 0 Å². The predicted molar refractivity (Wildman–Crippen MR) is 70.2 cm³/mol. The van der Waals surface area contributed by atoms with Crippen LogP contribution in [0.1, 0.15) is 37.0 Å². The molecule has 0 aliphatic rings. The Kier molecular flexibility index (Phi) is 4.54. The average Bonchev–Trinajstić information content (AvgIpc) is 2.27. The smallest absolute Gasteiger partial charge is 0.125 e. The van der Waals surface area contributed by atoms with Crippen LogP contribution < -0.4 is 10.5 Å². The minimum atomic E-state index is -0.772. The fourth-order valence-electron chi connectivity index (χ4n) is 1.72. The number of aryl methyl sites for hydroxylation is 2. The standard InChI is InChI=1S/C14H23NO2/c1-5-14(4,16)9-17-13-10(2)6-12(8-15)7-11(13)3/h6-7,16H,5,8-9,15H2,1-4H3. The van der Waals surface area contributed by atoms with E-state index in [1.807, 2.05) is 32.9 Å². The first-order chi connectivity index (χ1) is 7.89. The van der Waals surface area contributed by atoms with Crippen molar-refractivity contribution in [3.8, 4) is 5.75 Å². The minimum absolute atomic E-state index is 0.313. The van der Waals surface area contributed by atoms with Crippen molar-refractivity contribution in [2.24, 2.45) is 5.73 Å². The van der Waals surface area contributed by atoms with Gasteiger partial charge >= 0.3 is 0 Å². The second-order valence-corrected chi connectivity index (χ2v) is 4.90. The van der Waals surface area contributed by atoms with Crippen LogP contribution in [-0.4, -0.2) is 17.3 Å². The van der Waals surface area contributed by atoms with Crippen molar-refractivity contribution in [3.05, 3.63) is 28.8 Å². The van der Waals surface area contributed by atoms with Gasteiger partial charge in [0.2, 0.25) is 0 Å². The molecule has 0 radical (unpaired) electrons. The third kappa shape index (κ3) is 3.72. The van der Waals surface area contributed by atoms with E-state index in [4.69, 9.17) is 10.5 Å². The van der Waals surface area contributed by atoms with Crippen LogP contribution in [0.25, 0.3) is 0 Å². The topological polar surface area (TPSA) is 55.5 Å². The van der Waals surface area contributed by atoms with Crippen LogP contribution in [0.4, 0.5) is 0 Å². The molecule has 1 aromatic carbocycles. The Morgan fingerprint density at radius 2 is 1.82 bits per heavy atom. The Morgan fingerprint density at radius 3 is 2.24 bits per heavy atom. The van der Waals surface area contributed by atoms with E-state index in [2.05, 4.69) is 0 Å². The van der Waals surface area contributed by atoms with Crippen molar-refractivity contribution in [2.45, 2.75) is 46.3 Å². The number of aliphatic hydroxyl groups is 1. The predicted octanol–water partition coefficient (Wildman–Crippen LogP) is 2.30. The van der Waals surface area contributed by atoms with E-state index in [-0.39, 0.29) is 0 Å². The molecule has 3 N–H and O–H groups in total. The van der Waals surface area contributed by atoms with Gasteiger partial charge in [-0.25, -0.2) is 0 Å². The summed E-state index contributed by atoms with van der Waals surface area (Å²) in [4.78, 5) is 0. The Labute approximate surface area is 104 Å². The first kappa shape index (κ1) is 14.0. The second kappa shape index (κ2) is 5.52. The molecule has 0 aliphatic heterocycles. The molecule has 0 amide bonds. The van der Waals surface area contributed by atoms with Gasteiger partial charge in [-0.2, -0.15) is 0 Å². The van der Waals surface area contributed by atoms with Crippen LogP contribution in [0, 0.1) is 13.8 Å². The van der Waals surface area contributed by atoms with Crippen molar-refractivity contribution in [1.82, 2.24) is 0 Å². The normalized spacial score (nSPS) is 14.5. The van der Waals surface area contributed by atoms with E-state index in [0.717, 1.165) is 22.4 Å². The number of hydrogen-bond acceptors (Lipinski definition) is 3. The van der Waals surface area contributed by atoms with E-state index in [1.165, 1.54) is 0 Å². The van der Waals surface area contributed by atoms with Crippen LogP contribution in [0.5, 0.6) is 5.75 Å². The fraction of sp³-hybridized carbons (Fsp3) is 0.571. The SMILES string of the molecule is CCC(C)(O)COc1c(C)cc(CN)cc1C. The van der Waals surface area contributed by atoms with Crippen LogP contribution in [0.15, 0.2) is 12.1 Å². The fourth-order valence-corrected chi connectivity index (χ4v) is 1.72. The number of benzene rings is 1. The number of nitrogens with two attached hydrogens (primary N) is 1. The first-order valence-corrected chi connectivity index (χ1v) is 6.05. The van der Waals surface area contributed by atoms with E-state index >= 15 is 0 Å². The van der Waals surface area contributed by atoms with Crippen LogP contribution in [0.3, 0.4) is 0 Å². The van der Waals surface area contributed by atoms with E-state index in [0.29, 0.717) is 19.6 Å². The van der Waals surface area contributed by atoms with Crippen molar-refractivity contribution >= 4 is 0 Å². The van der Waals surface area contributed by atoms with Gasteiger partial charge in [0, 0.05) is 6.54 Å². The summed E-state index contributed by atoms with van der Waals surface area (Å²) in [6.45, 7) is 8.58. The lowest BCUT2D eigenvalue weighted by molar-refractivity contribution is 0.00807. The average molecular weight is 237 g/mol. The Bertz CT molecular complexity index is 363. The van der Waals surface area contributed by atoms with Gasteiger partial charge in [-0.1, -0.05) is 19.1 Å². The molecule has 96 valence electrons. The summed E-state index contributed by atoms with van der Waals surface area (Å²) in [7, 11) is 0. The minimum Gasteiger partial charge on any atom is -0.490 e. The van der Waals surface area contributed by atoms with Gasteiger partial charge in [0.25, 0.3) is 0 Å². The summed E-state index contributed by atoms with van der Waals surface area (Å²) >= 11 is 0. The molecule has 0 saturated heterocycles. The van der Waals surface area contributed by atoms with Gasteiger partial charge in [0.05, 0.1) is 5.60 Å². The molecule has 17 heavy (non-hydrogen) atoms. The molecule has 0 heterocycles. The Morgan fingerprint density at radius 1 is 1.29 bits per heavy atom. The van der Waals surface area contributed by atoms with E-state index in [1.54, 1.807) is 6.92 Å². The molecule has 1 rings (SSSR count). The van der Waals surface area contributed by atoms with Gasteiger partial charge < -0.3 is 15.6 Å². The highest BCUT2D eigenvalue weighted by Gasteiger charge is 2.19. The molecule has 3 heteroatoms. The monoisotopic (exact) mass is 237 g/mol. The Hall–Kier alpha value is -1.06. The molecule has 0 bridgehead atoms. The molecular formula is C14H23NO2. The molecule has 3 nitrogen and oxygen atoms in total. The third-order valence-corrected chi connectivity index (χ3v) is 3.04. The quantitative estimate of drug-likeness (QED) is 0.826. The van der Waals surface area contributed by atoms with E-state index < -0.39 is 5.60 Å². The molecule has 1 unspecified atom stereocenters. The lowest BCUT2D eigenvalue weighted by Crippen LogP contribution is -2.31. The van der Waals surface area contributed by atoms with Crippen molar-refractivity contribution in [2.75, 3.05) is 6.61 Å². The van der Waals surface area contributed by atoms with E-state index in [9.17, 15) is 5.11 Å². The molecule has 0 saturated carbocycles. The van der Waals surface area contributed by atoms with Crippen molar-refractivity contribution in [1.29, 1.82) is 0 Å². The zero-order chi connectivity index (χ0) is 13.1. The molecular weight excluding hydrogens is 214 g/mol. The maximum absolute atomic E-state index is 9.92. The maximum atomic E-state index is 9.92. The summed E-state index contributed by atoms with van der Waals surface area (Å²) < 4.78 is 5.73. The lowest BCUT2D eigenvalue weighted by Gasteiger charge is -2.23. The largest absolute Gasteiger partial charge is 0.490 e. The zero-order valence-corrected chi connectivity index (χ0v) is 11.2. The van der Waals surface area contributed by atoms with Crippen LogP contribution in [-0.2, 0) is 6.54 Å². The highest BCUT2D eigenvalue weighted by molar-refractivity contribution is 5.43. The zero-order valence-electron chi connectivity index (χ0n) is 11.2. The Balaban J connectivity index is 2.85. The molecule has 0 aromatic heterocycles. The number of hydrogen-bond donors (Lipinski definition) is 2. The van der Waals surface area contributed by atoms with Crippen LogP contribution in [0.2, 0.25) is 0 Å². The van der Waals surface area contributed by atoms with Gasteiger partial charge in [-0.3, -0.25) is 0 Å². The summed E-state index contributed by atoms with van der Waals surface area (Å²) in [5, 5.41) is 9.92. The van der Waals surface area contributed by atoms with Crippen molar-refractivity contribution < 1.29 is 9.84 Å². The summed E-state index contributed by atoms with van der Waals surface area (Å²) in [6.07, 6.45) is 0.673. The molecule has 0 spiro atoms. The van der Waals surface area contributed by atoms with Gasteiger partial charge in [-0.05, 0) is 43.9 Å². The molecule has 1 atom stereocenters. The third-order valence-electron chi connectivity index (χ3n) is 3.04. The summed E-state index contributed by atoms with van der Waals surface area (Å²) in [6, 6.07) is 4.06. The highest BCUT2D eigenvalue weighted by atomic mass is 16.5.